The average molecular weight is 809 g/mol. The molecule has 0 radical (unpaired) electrons. The molecule has 56 heavy (non-hydrogen) atoms. The molecule has 0 spiro atoms. The van der Waals surface area contributed by atoms with Gasteiger partial charge in [0.2, 0.25) is 11.8 Å². The van der Waals surface area contributed by atoms with E-state index in [4.69, 9.17) is 21.3 Å². The average Bonchev–Trinajstić information content (AvgIpc) is 4.02. The van der Waals surface area contributed by atoms with E-state index < -0.39 is 36.1 Å². The van der Waals surface area contributed by atoms with Gasteiger partial charge in [-0.25, -0.2) is 23.9 Å². The highest BCUT2D eigenvalue weighted by atomic mass is 35.5. The van der Waals surface area contributed by atoms with Crippen molar-refractivity contribution in [2.75, 3.05) is 33.6 Å². The molecule has 14 nitrogen and oxygen atoms in total. The molecular weight excluding hydrogens is 763 g/mol. The number of nitrogens with zero attached hydrogens (tertiary/aromatic N) is 4. The van der Waals surface area contributed by atoms with E-state index in [0.29, 0.717) is 60.0 Å². The first-order valence-corrected chi connectivity index (χ1v) is 20.0. The molecule has 2 aromatic heterocycles. The normalized spacial score (nSPS) is 19.2. The Hall–Kier alpha value is -5.09. The van der Waals surface area contributed by atoms with Gasteiger partial charge in [-0.05, 0) is 55.6 Å². The Bertz CT molecular complexity index is 2080. The highest BCUT2D eigenvalue weighted by Crippen LogP contribution is 2.38. The Balaban J connectivity index is 1.16. The Morgan fingerprint density at radius 1 is 0.911 bits per heavy atom. The molecule has 0 saturated carbocycles. The maximum absolute atomic E-state index is 15.8. The van der Waals surface area contributed by atoms with E-state index in [1.807, 2.05) is 44.4 Å². The van der Waals surface area contributed by atoms with Gasteiger partial charge in [-0.15, -0.1) is 0 Å². The SMILES string of the molecule is COC(=O)N[C@@H](C)C(=O)N1C[C@@H](SC)C[C@H]1c1ncc(-c2ccc(-c3ccc(-c4nc([C@@H]5CCCN5C(=O)[C@@H](NC(=O)OC)C(C)C)[nH]c4Cl)cc3F)cc2)[nH]1. The lowest BCUT2D eigenvalue weighted by Crippen LogP contribution is -2.51. The number of alkyl carbamates (subject to hydrolysis) is 2. The van der Waals surface area contributed by atoms with Crippen molar-refractivity contribution >= 4 is 47.4 Å². The number of H-pyrrole nitrogens is 2. The monoisotopic (exact) mass is 808 g/mol. The zero-order valence-corrected chi connectivity index (χ0v) is 33.6. The van der Waals surface area contributed by atoms with Crippen molar-refractivity contribution in [3.8, 4) is 33.6 Å². The molecule has 2 aliphatic heterocycles. The van der Waals surface area contributed by atoms with E-state index in [1.54, 1.807) is 46.8 Å². The molecule has 0 bridgehead atoms. The number of rotatable bonds is 11. The lowest BCUT2D eigenvalue weighted by atomic mass is 10.0. The molecular formula is C39H46ClFN8O6S. The van der Waals surface area contributed by atoms with E-state index >= 15 is 4.39 Å². The second-order valence-electron chi connectivity index (χ2n) is 14.2. The van der Waals surface area contributed by atoms with Crippen molar-refractivity contribution in [1.82, 2.24) is 40.4 Å². The molecule has 5 atom stereocenters. The molecule has 2 fully saturated rings. The largest absolute Gasteiger partial charge is 0.453 e. The molecule has 4 aromatic rings. The van der Waals surface area contributed by atoms with Crippen LogP contribution in [0.3, 0.4) is 0 Å². The number of benzene rings is 2. The number of methoxy groups -OCH3 is 2. The Morgan fingerprint density at radius 3 is 2.25 bits per heavy atom. The lowest BCUT2D eigenvalue weighted by molar-refractivity contribution is -0.135. The summed E-state index contributed by atoms with van der Waals surface area (Å²) in [7, 11) is 2.50. The summed E-state index contributed by atoms with van der Waals surface area (Å²) in [5.74, 6) is 0.0260. The van der Waals surface area contributed by atoms with Crippen LogP contribution < -0.4 is 10.6 Å². The van der Waals surface area contributed by atoms with Crippen molar-refractivity contribution in [3.05, 3.63) is 71.3 Å². The number of carbonyl (C=O) groups is 4. The number of nitrogens with one attached hydrogen (secondary N) is 4. The third kappa shape index (κ3) is 8.50. The summed E-state index contributed by atoms with van der Waals surface area (Å²) in [4.78, 5) is 69.9. The number of imidazole rings is 2. The standard InChI is InChI=1S/C39H46ClFN8O6S/c1-20(2)31(46-39(53)55-5)37(51)48-15-7-8-29(48)35-45-32(33(40)47-35)24-13-14-26(27(41)16-24)22-9-11-23(12-10-22)28-18-42-34(44-28)30-17-25(56-6)19-49(30)36(50)21(3)43-38(52)54-4/h9-14,16,18,20-21,25,29-31H,7-8,15,17,19H2,1-6H3,(H,42,44)(H,43,52)(H,45,47)(H,46,53)/t21-,25-,29-,30-,31-/m0/s1. The minimum Gasteiger partial charge on any atom is -0.453 e. The van der Waals surface area contributed by atoms with Crippen LogP contribution in [0.1, 0.15) is 63.8 Å². The number of aromatic nitrogens is 4. The predicted octanol–water partition coefficient (Wildman–Crippen LogP) is 6.72. The zero-order valence-electron chi connectivity index (χ0n) is 32.0. The number of halogens is 2. The highest BCUT2D eigenvalue weighted by molar-refractivity contribution is 7.99. The molecule has 17 heteroatoms. The van der Waals surface area contributed by atoms with Crippen LogP contribution in [0.15, 0.2) is 48.7 Å². The van der Waals surface area contributed by atoms with Gasteiger partial charge in [0.15, 0.2) is 0 Å². The predicted molar refractivity (Wildman–Crippen MR) is 211 cm³/mol. The lowest BCUT2D eigenvalue weighted by Gasteiger charge is -2.29. The molecule has 2 saturated heterocycles. The molecule has 6 rings (SSSR count). The summed E-state index contributed by atoms with van der Waals surface area (Å²) in [5, 5.41) is 5.63. The number of aromatic amines is 2. The van der Waals surface area contributed by atoms with Crippen molar-refractivity contribution in [3.63, 3.8) is 0 Å². The molecule has 2 aromatic carbocycles. The summed E-state index contributed by atoms with van der Waals surface area (Å²) in [5.41, 5.74) is 3.47. The molecule has 0 aliphatic carbocycles. The molecule has 4 N–H and O–H groups in total. The molecule has 298 valence electrons. The van der Waals surface area contributed by atoms with Crippen molar-refractivity contribution in [1.29, 1.82) is 0 Å². The van der Waals surface area contributed by atoms with Gasteiger partial charge in [0.1, 0.15) is 40.4 Å². The zero-order chi connectivity index (χ0) is 40.3. The van der Waals surface area contributed by atoms with Crippen LogP contribution in [0.2, 0.25) is 5.15 Å². The third-order valence-electron chi connectivity index (χ3n) is 10.4. The Morgan fingerprint density at radius 2 is 1.59 bits per heavy atom. The van der Waals surface area contributed by atoms with Crippen molar-refractivity contribution in [2.45, 2.75) is 69.5 Å². The summed E-state index contributed by atoms with van der Waals surface area (Å²) in [6.07, 6.45) is 4.47. The second-order valence-corrected chi connectivity index (χ2v) is 15.8. The molecule has 2 aliphatic rings. The van der Waals surface area contributed by atoms with Gasteiger partial charge in [0, 0.05) is 29.5 Å². The number of hydrogen-bond donors (Lipinski definition) is 4. The smallest absolute Gasteiger partial charge is 0.407 e. The maximum atomic E-state index is 15.8. The molecule has 4 heterocycles. The number of hydrogen-bond acceptors (Lipinski definition) is 9. The third-order valence-corrected chi connectivity index (χ3v) is 11.6. The maximum Gasteiger partial charge on any atom is 0.407 e. The summed E-state index contributed by atoms with van der Waals surface area (Å²) in [6.45, 7) is 6.34. The number of thioether (sulfide) groups is 1. The van der Waals surface area contributed by atoms with Gasteiger partial charge in [0.05, 0.1) is 38.2 Å². The van der Waals surface area contributed by atoms with Gasteiger partial charge in [-0.3, -0.25) is 9.59 Å². The first kappa shape index (κ1) is 40.6. The fraction of sp³-hybridized carbons (Fsp3) is 0.436. The van der Waals surface area contributed by atoms with Gasteiger partial charge in [0.25, 0.3) is 0 Å². The summed E-state index contributed by atoms with van der Waals surface area (Å²) in [6, 6.07) is 10.00. The van der Waals surface area contributed by atoms with Gasteiger partial charge < -0.3 is 39.9 Å². The number of carbonyl (C=O) groups excluding carboxylic acids is 4. The van der Waals surface area contributed by atoms with Crippen LogP contribution in [0, 0.1) is 11.7 Å². The minimum atomic E-state index is -0.776. The second kappa shape index (κ2) is 17.4. The van der Waals surface area contributed by atoms with Crippen LogP contribution in [-0.4, -0.2) is 105 Å². The van der Waals surface area contributed by atoms with Gasteiger partial charge >= 0.3 is 12.2 Å². The van der Waals surface area contributed by atoms with Crippen molar-refractivity contribution < 1.29 is 33.0 Å². The van der Waals surface area contributed by atoms with Crippen LogP contribution >= 0.6 is 23.4 Å². The number of likely N-dealkylation sites (tertiary alicyclic amines) is 2. The Kier molecular flexibility index (Phi) is 12.6. The molecule has 0 unspecified atom stereocenters. The first-order valence-electron chi connectivity index (χ1n) is 18.4. The van der Waals surface area contributed by atoms with E-state index in [0.717, 1.165) is 17.7 Å². The number of ether oxygens (including phenoxy) is 2. The van der Waals surface area contributed by atoms with Crippen LogP contribution in [0.25, 0.3) is 33.6 Å². The Labute approximate surface area is 333 Å². The first-order chi connectivity index (χ1) is 26.8. The van der Waals surface area contributed by atoms with Gasteiger partial charge in [-0.1, -0.05) is 61.8 Å². The van der Waals surface area contributed by atoms with Crippen LogP contribution in [0.4, 0.5) is 14.0 Å². The van der Waals surface area contributed by atoms with Crippen LogP contribution in [0.5, 0.6) is 0 Å². The van der Waals surface area contributed by atoms with E-state index in [-0.39, 0.29) is 34.2 Å². The van der Waals surface area contributed by atoms with Gasteiger partial charge in [-0.2, -0.15) is 11.8 Å². The quantitative estimate of drug-likeness (QED) is 0.128. The van der Waals surface area contributed by atoms with E-state index in [1.165, 1.54) is 20.3 Å². The van der Waals surface area contributed by atoms with E-state index in [2.05, 4.69) is 30.3 Å². The summed E-state index contributed by atoms with van der Waals surface area (Å²) >= 11 is 8.30. The minimum absolute atomic E-state index is 0.178. The highest BCUT2D eigenvalue weighted by Gasteiger charge is 2.40. The topological polar surface area (TPSA) is 175 Å². The fourth-order valence-electron chi connectivity index (χ4n) is 7.31. The van der Waals surface area contributed by atoms with E-state index in [9.17, 15) is 19.2 Å². The fourth-order valence-corrected chi connectivity index (χ4v) is 8.24. The summed E-state index contributed by atoms with van der Waals surface area (Å²) < 4.78 is 25.2. The molecule has 4 amide bonds. The number of amides is 4. The van der Waals surface area contributed by atoms with Crippen molar-refractivity contribution in [2.24, 2.45) is 5.92 Å². The van der Waals surface area contributed by atoms with Crippen LogP contribution in [-0.2, 0) is 19.1 Å².